The summed E-state index contributed by atoms with van der Waals surface area (Å²) in [7, 11) is 5.35. The first-order chi connectivity index (χ1) is 6.57. The summed E-state index contributed by atoms with van der Waals surface area (Å²) in [5.74, 6) is -0.918. The molecule has 0 fully saturated rings. The molecule has 4 nitrogen and oxygen atoms in total. The van der Waals surface area contributed by atoms with Gasteiger partial charge in [0.2, 0.25) is 0 Å². The Kier molecular flexibility index (Phi) is 2.96. The molecule has 0 atom stereocenters. The van der Waals surface area contributed by atoms with E-state index < -0.39 is 5.97 Å². The summed E-state index contributed by atoms with van der Waals surface area (Å²) >= 11 is 0. The summed E-state index contributed by atoms with van der Waals surface area (Å²) in [6.45, 7) is 0. The van der Waals surface area contributed by atoms with Gasteiger partial charge in [0, 0.05) is 21.1 Å². The van der Waals surface area contributed by atoms with Gasteiger partial charge in [0.1, 0.15) is 5.56 Å². The Morgan fingerprint density at radius 1 is 1.43 bits per heavy atom. The first kappa shape index (κ1) is 10.4. The number of carboxylic acids is 1. The molecule has 0 spiro atoms. The second-order valence-electron chi connectivity index (χ2n) is 3.15. The van der Waals surface area contributed by atoms with Crippen molar-refractivity contribution in [1.82, 2.24) is 0 Å². The van der Waals surface area contributed by atoms with Gasteiger partial charge in [0.25, 0.3) is 0 Å². The molecule has 0 aromatic heterocycles. The molecule has 0 aliphatic carbocycles. The smallest absolute Gasteiger partial charge is 0.339 e. The van der Waals surface area contributed by atoms with Crippen LogP contribution in [0.5, 0.6) is 0 Å². The minimum absolute atomic E-state index is 0.306. The van der Waals surface area contributed by atoms with Gasteiger partial charge in [-0.3, -0.25) is 0 Å². The van der Waals surface area contributed by atoms with Crippen LogP contribution in [0, 0.1) is 0 Å². The maximum Gasteiger partial charge on any atom is 0.339 e. The Labute approximate surface area is 83.2 Å². The number of nitrogens with zero attached hydrogens (tertiary/aromatic N) is 1. The molecule has 14 heavy (non-hydrogen) atoms. The number of rotatable bonds is 3. The fourth-order valence-electron chi connectivity index (χ4n) is 1.35. The quantitative estimate of drug-likeness (QED) is 0.765. The van der Waals surface area contributed by atoms with Gasteiger partial charge in [-0.1, -0.05) is 6.07 Å². The molecule has 0 radical (unpaired) electrons. The van der Waals surface area contributed by atoms with Gasteiger partial charge < -0.3 is 15.3 Å². The average Bonchev–Trinajstić information content (AvgIpc) is 2.16. The third kappa shape index (κ3) is 1.79. The maximum atomic E-state index is 11.0. The second kappa shape index (κ2) is 4.00. The lowest BCUT2D eigenvalue weighted by atomic mass is 10.1. The van der Waals surface area contributed by atoms with Crippen LogP contribution in [-0.2, 0) is 0 Å². The molecule has 0 bridgehead atoms. The average molecular weight is 194 g/mol. The van der Waals surface area contributed by atoms with Crippen LogP contribution in [-0.4, -0.2) is 32.2 Å². The summed E-state index contributed by atoms with van der Waals surface area (Å²) in [4.78, 5) is 12.8. The summed E-state index contributed by atoms with van der Waals surface area (Å²) in [6, 6.07) is 5.36. The molecule has 1 aromatic rings. The highest BCUT2D eigenvalue weighted by Gasteiger charge is 2.15. The van der Waals surface area contributed by atoms with Gasteiger partial charge in [0.15, 0.2) is 0 Å². The zero-order chi connectivity index (χ0) is 10.7. The van der Waals surface area contributed by atoms with Gasteiger partial charge in [-0.25, -0.2) is 4.79 Å². The van der Waals surface area contributed by atoms with E-state index in [9.17, 15) is 4.79 Å². The molecule has 0 aliphatic rings. The van der Waals surface area contributed by atoms with E-state index in [0.717, 1.165) is 0 Å². The van der Waals surface area contributed by atoms with Crippen molar-refractivity contribution in [3.8, 4) is 0 Å². The van der Waals surface area contributed by atoms with Gasteiger partial charge in [-0.15, -0.1) is 0 Å². The SMILES string of the molecule is CNc1cccc(N(C)C)c1C(=O)O. The molecular formula is C10H14N2O2. The molecule has 2 N–H and O–H groups in total. The Balaban J connectivity index is 3.35. The van der Waals surface area contributed by atoms with E-state index >= 15 is 0 Å². The number of hydrogen-bond donors (Lipinski definition) is 2. The zero-order valence-corrected chi connectivity index (χ0v) is 8.53. The maximum absolute atomic E-state index is 11.0. The largest absolute Gasteiger partial charge is 0.478 e. The summed E-state index contributed by atoms with van der Waals surface area (Å²) < 4.78 is 0. The molecule has 0 unspecified atom stereocenters. The molecule has 4 heteroatoms. The number of nitrogens with one attached hydrogen (secondary N) is 1. The van der Waals surface area contributed by atoms with E-state index in [2.05, 4.69) is 5.32 Å². The molecule has 0 amide bonds. The number of carboxylic acid groups (broad SMARTS) is 1. The number of aromatic carboxylic acids is 1. The molecular weight excluding hydrogens is 180 g/mol. The van der Waals surface area contributed by atoms with Crippen molar-refractivity contribution in [1.29, 1.82) is 0 Å². The van der Waals surface area contributed by atoms with Gasteiger partial charge in [0.05, 0.1) is 11.4 Å². The van der Waals surface area contributed by atoms with Crippen LogP contribution in [0.15, 0.2) is 18.2 Å². The fourth-order valence-corrected chi connectivity index (χ4v) is 1.35. The van der Waals surface area contributed by atoms with Crippen LogP contribution in [0.1, 0.15) is 10.4 Å². The lowest BCUT2D eigenvalue weighted by Gasteiger charge is -2.17. The Hall–Kier alpha value is -1.71. The van der Waals surface area contributed by atoms with Crippen molar-refractivity contribution in [2.75, 3.05) is 31.4 Å². The van der Waals surface area contributed by atoms with E-state index in [-0.39, 0.29) is 0 Å². The topological polar surface area (TPSA) is 52.6 Å². The van der Waals surface area contributed by atoms with Crippen molar-refractivity contribution < 1.29 is 9.90 Å². The molecule has 0 heterocycles. The van der Waals surface area contributed by atoms with Crippen LogP contribution >= 0.6 is 0 Å². The molecule has 0 aliphatic heterocycles. The standard InChI is InChI=1S/C10H14N2O2/c1-11-7-5-4-6-8(12(2)3)9(7)10(13)14/h4-6,11H,1-3H3,(H,13,14). The number of benzene rings is 1. The minimum atomic E-state index is -0.918. The van der Waals surface area contributed by atoms with Gasteiger partial charge >= 0.3 is 5.97 Å². The van der Waals surface area contributed by atoms with Crippen molar-refractivity contribution >= 4 is 17.3 Å². The van der Waals surface area contributed by atoms with Crippen LogP contribution in [0.3, 0.4) is 0 Å². The first-order valence-electron chi connectivity index (χ1n) is 4.29. The van der Waals surface area contributed by atoms with Gasteiger partial charge in [-0.2, -0.15) is 0 Å². The number of anilines is 2. The monoisotopic (exact) mass is 194 g/mol. The molecule has 76 valence electrons. The highest BCUT2D eigenvalue weighted by atomic mass is 16.4. The van der Waals surface area contributed by atoms with Crippen molar-refractivity contribution in [3.63, 3.8) is 0 Å². The third-order valence-corrected chi connectivity index (χ3v) is 2.01. The predicted octanol–water partition coefficient (Wildman–Crippen LogP) is 1.49. The summed E-state index contributed by atoms with van der Waals surface area (Å²) in [5, 5.41) is 11.9. The molecule has 0 saturated heterocycles. The van der Waals surface area contributed by atoms with E-state index in [0.29, 0.717) is 16.9 Å². The van der Waals surface area contributed by atoms with E-state index in [1.807, 2.05) is 20.2 Å². The fraction of sp³-hybridized carbons (Fsp3) is 0.300. The second-order valence-corrected chi connectivity index (χ2v) is 3.15. The molecule has 1 aromatic carbocycles. The van der Waals surface area contributed by atoms with Gasteiger partial charge in [-0.05, 0) is 12.1 Å². The minimum Gasteiger partial charge on any atom is -0.478 e. The van der Waals surface area contributed by atoms with Crippen molar-refractivity contribution in [2.24, 2.45) is 0 Å². The normalized spacial score (nSPS) is 9.64. The van der Waals surface area contributed by atoms with E-state index in [1.165, 1.54) is 0 Å². The predicted molar refractivity (Wildman–Crippen MR) is 57.3 cm³/mol. The highest BCUT2D eigenvalue weighted by Crippen LogP contribution is 2.25. The van der Waals surface area contributed by atoms with E-state index in [4.69, 9.17) is 5.11 Å². The zero-order valence-electron chi connectivity index (χ0n) is 8.53. The lowest BCUT2D eigenvalue weighted by Crippen LogP contribution is -2.15. The third-order valence-electron chi connectivity index (χ3n) is 2.01. The number of hydrogen-bond acceptors (Lipinski definition) is 3. The van der Waals surface area contributed by atoms with Crippen LogP contribution < -0.4 is 10.2 Å². The van der Waals surface area contributed by atoms with Crippen molar-refractivity contribution in [2.45, 2.75) is 0 Å². The Bertz CT molecular complexity index is 348. The Morgan fingerprint density at radius 3 is 2.50 bits per heavy atom. The van der Waals surface area contributed by atoms with Crippen LogP contribution in [0.2, 0.25) is 0 Å². The lowest BCUT2D eigenvalue weighted by molar-refractivity contribution is 0.0698. The first-order valence-corrected chi connectivity index (χ1v) is 4.29. The Morgan fingerprint density at radius 2 is 2.07 bits per heavy atom. The number of carbonyl (C=O) groups is 1. The summed E-state index contributed by atoms with van der Waals surface area (Å²) in [5.41, 5.74) is 1.63. The molecule has 1 rings (SSSR count). The van der Waals surface area contributed by atoms with Crippen LogP contribution in [0.4, 0.5) is 11.4 Å². The van der Waals surface area contributed by atoms with Crippen LogP contribution in [0.25, 0.3) is 0 Å². The van der Waals surface area contributed by atoms with Crippen molar-refractivity contribution in [3.05, 3.63) is 23.8 Å². The highest BCUT2D eigenvalue weighted by molar-refractivity contribution is 6.00. The molecule has 0 saturated carbocycles. The summed E-state index contributed by atoms with van der Waals surface area (Å²) in [6.07, 6.45) is 0. The van der Waals surface area contributed by atoms with E-state index in [1.54, 1.807) is 24.1 Å².